The van der Waals surface area contributed by atoms with Gasteiger partial charge in [0.2, 0.25) is 9.84 Å². The van der Waals surface area contributed by atoms with Gasteiger partial charge in [-0.3, -0.25) is 4.90 Å². The largest absolute Gasteiger partial charge is 0.494 e. The third-order valence-electron chi connectivity index (χ3n) is 7.57. The fourth-order valence-corrected chi connectivity index (χ4v) is 8.65. The summed E-state index contributed by atoms with van der Waals surface area (Å²) >= 11 is 1.56. The molecule has 1 heterocycles. The van der Waals surface area contributed by atoms with Crippen LogP contribution in [0.3, 0.4) is 0 Å². The maximum absolute atomic E-state index is 13.6. The average Bonchev–Trinajstić information content (AvgIpc) is 3.26. The molecule has 1 atom stereocenters. The van der Waals surface area contributed by atoms with Crippen molar-refractivity contribution in [3.8, 4) is 5.75 Å². The molecule has 2 N–H and O–H groups in total. The molecule has 228 valence electrons. The van der Waals surface area contributed by atoms with Crippen LogP contribution in [-0.2, 0) is 32.3 Å². The summed E-state index contributed by atoms with van der Waals surface area (Å²) in [6.45, 7) is 3.56. The predicted molar refractivity (Wildman–Crippen MR) is 168 cm³/mol. The monoisotopic (exact) mass is 623 g/mol. The Morgan fingerprint density at radius 3 is 2.33 bits per heavy atom. The van der Waals surface area contributed by atoms with Gasteiger partial charge in [-0.15, -0.1) is 11.3 Å². The van der Waals surface area contributed by atoms with Crippen molar-refractivity contribution in [2.45, 2.75) is 61.3 Å². The number of nitrogens with zero attached hydrogens (tertiary/aromatic N) is 1. The summed E-state index contributed by atoms with van der Waals surface area (Å²) in [6.07, 6.45) is 6.50. The zero-order valence-electron chi connectivity index (χ0n) is 24.4. The van der Waals surface area contributed by atoms with Crippen LogP contribution in [0.25, 0.3) is 10.1 Å². The Balaban J connectivity index is 0.000000641. The number of benzene rings is 3. The molecule has 43 heavy (non-hydrogen) atoms. The third-order valence-corrected chi connectivity index (χ3v) is 10.9. The van der Waals surface area contributed by atoms with E-state index in [4.69, 9.17) is 24.5 Å². The van der Waals surface area contributed by atoms with Crippen molar-refractivity contribution in [2.75, 3.05) is 20.2 Å². The first-order valence-electron chi connectivity index (χ1n) is 14.4. The number of thiophene rings is 1. The third kappa shape index (κ3) is 7.81. The second kappa shape index (κ2) is 14.6. The standard InChI is InChI=1S/C31H35NO3S2.C2H2O4/c1-3-29-31(27-14-7-9-16-30(27)36-29)37(33,34)25-19-17-24(18-20-25)35-22-10-21-32(2)28-15-8-5-12-23-11-4-6-13-26(23)28;3-1(4)2(5)6/h4,6-7,9,11,13-14,16-20,28H,3,5,8,10,12,15,21-22H2,1-2H3;(H,3,4)(H,5,6). The first-order valence-corrected chi connectivity index (χ1v) is 16.7. The van der Waals surface area contributed by atoms with E-state index >= 15 is 0 Å². The Kier molecular flexibility index (Phi) is 11.0. The van der Waals surface area contributed by atoms with Crippen LogP contribution in [0.2, 0.25) is 0 Å². The van der Waals surface area contributed by atoms with Crippen LogP contribution >= 0.6 is 11.3 Å². The molecule has 4 aromatic rings. The molecule has 10 heteroatoms. The van der Waals surface area contributed by atoms with Crippen LogP contribution in [0, 0.1) is 0 Å². The van der Waals surface area contributed by atoms with Gasteiger partial charge in [-0.2, -0.15) is 0 Å². The van der Waals surface area contributed by atoms with Crippen LogP contribution in [0.5, 0.6) is 5.75 Å². The molecule has 0 fully saturated rings. The summed E-state index contributed by atoms with van der Waals surface area (Å²) < 4.78 is 34.1. The molecule has 8 nitrogen and oxygen atoms in total. The molecule has 0 saturated heterocycles. The lowest BCUT2D eigenvalue weighted by Gasteiger charge is -2.28. The van der Waals surface area contributed by atoms with Crippen molar-refractivity contribution < 1.29 is 33.0 Å². The number of carboxylic acid groups (broad SMARTS) is 2. The molecule has 0 aliphatic heterocycles. The van der Waals surface area contributed by atoms with E-state index in [0.717, 1.165) is 27.9 Å². The Morgan fingerprint density at radius 2 is 1.63 bits per heavy atom. The molecule has 1 aromatic heterocycles. The average molecular weight is 624 g/mol. The Bertz CT molecular complexity index is 1650. The highest BCUT2D eigenvalue weighted by Crippen LogP contribution is 2.38. The Hall–Kier alpha value is -3.73. The molecular weight excluding hydrogens is 586 g/mol. The van der Waals surface area contributed by atoms with E-state index in [1.54, 1.807) is 35.6 Å². The van der Waals surface area contributed by atoms with Crippen LogP contribution in [0.15, 0.2) is 82.6 Å². The lowest BCUT2D eigenvalue weighted by molar-refractivity contribution is -0.159. The fraction of sp³-hybridized carbons (Fsp3) is 0.333. The van der Waals surface area contributed by atoms with Gasteiger partial charge >= 0.3 is 11.9 Å². The van der Waals surface area contributed by atoms with E-state index in [9.17, 15) is 8.42 Å². The van der Waals surface area contributed by atoms with Crippen molar-refractivity contribution in [1.82, 2.24) is 4.90 Å². The lowest BCUT2D eigenvalue weighted by atomic mass is 9.98. The second-order valence-corrected chi connectivity index (χ2v) is 13.5. The van der Waals surface area contributed by atoms with E-state index < -0.39 is 21.8 Å². The SMILES string of the molecule is CCc1sc2ccccc2c1S(=O)(=O)c1ccc(OCCCN(C)C2CCCCc3ccccc32)cc1.O=C(O)C(=O)O. The number of carboxylic acids is 2. The smallest absolute Gasteiger partial charge is 0.414 e. The van der Waals surface area contributed by atoms with Gasteiger partial charge in [-0.1, -0.05) is 55.8 Å². The number of hydrogen-bond acceptors (Lipinski definition) is 7. The normalized spacial score (nSPS) is 14.8. The summed E-state index contributed by atoms with van der Waals surface area (Å²) in [6, 6.07) is 24.0. The molecule has 0 bridgehead atoms. The fourth-order valence-electron chi connectivity index (χ4n) is 5.45. The van der Waals surface area contributed by atoms with Crippen LogP contribution in [-0.4, -0.2) is 55.7 Å². The van der Waals surface area contributed by atoms with E-state index in [0.29, 0.717) is 34.6 Å². The molecule has 1 unspecified atom stereocenters. The van der Waals surface area contributed by atoms with Crippen molar-refractivity contribution >= 4 is 43.2 Å². The lowest BCUT2D eigenvalue weighted by Crippen LogP contribution is -2.27. The predicted octanol–water partition coefficient (Wildman–Crippen LogP) is 6.62. The minimum Gasteiger partial charge on any atom is -0.494 e. The number of aliphatic carboxylic acids is 2. The summed E-state index contributed by atoms with van der Waals surface area (Å²) in [7, 11) is -1.40. The van der Waals surface area contributed by atoms with Crippen LogP contribution in [0.4, 0.5) is 0 Å². The summed E-state index contributed by atoms with van der Waals surface area (Å²) in [5.41, 5.74) is 2.97. The molecule has 0 amide bonds. The van der Waals surface area contributed by atoms with Gasteiger partial charge < -0.3 is 14.9 Å². The minimum atomic E-state index is -3.61. The second-order valence-electron chi connectivity index (χ2n) is 10.4. The molecular formula is C33H37NO7S2. The van der Waals surface area contributed by atoms with Gasteiger partial charge in [0.25, 0.3) is 0 Å². The quantitative estimate of drug-likeness (QED) is 0.121. The zero-order valence-corrected chi connectivity index (χ0v) is 26.0. The number of ether oxygens (including phenoxy) is 1. The number of sulfone groups is 1. The van der Waals surface area contributed by atoms with Gasteiger partial charge in [0.1, 0.15) is 5.75 Å². The molecule has 1 aliphatic rings. The number of rotatable bonds is 9. The van der Waals surface area contributed by atoms with Gasteiger partial charge in [0.15, 0.2) is 0 Å². The van der Waals surface area contributed by atoms with Crippen molar-refractivity contribution in [2.24, 2.45) is 0 Å². The number of carbonyl (C=O) groups is 2. The first kappa shape index (κ1) is 32.2. The summed E-state index contributed by atoms with van der Waals surface area (Å²) in [5, 5.41) is 15.6. The molecule has 0 radical (unpaired) electrons. The first-order chi connectivity index (χ1) is 20.6. The number of aryl methyl sites for hydroxylation is 2. The van der Waals surface area contributed by atoms with Crippen molar-refractivity contribution in [3.63, 3.8) is 0 Å². The minimum absolute atomic E-state index is 0.310. The highest BCUT2D eigenvalue weighted by Gasteiger charge is 2.26. The number of hydrogen-bond donors (Lipinski definition) is 2. The van der Waals surface area contributed by atoms with E-state index in [2.05, 4.69) is 36.2 Å². The molecule has 5 rings (SSSR count). The van der Waals surface area contributed by atoms with Crippen molar-refractivity contribution in [3.05, 3.63) is 88.8 Å². The zero-order chi connectivity index (χ0) is 31.0. The van der Waals surface area contributed by atoms with Gasteiger partial charge in [0, 0.05) is 27.5 Å². The van der Waals surface area contributed by atoms with E-state index in [-0.39, 0.29) is 0 Å². The Morgan fingerprint density at radius 1 is 0.953 bits per heavy atom. The summed E-state index contributed by atoms with van der Waals surface area (Å²) in [5.74, 6) is -2.95. The maximum atomic E-state index is 13.6. The molecule has 3 aromatic carbocycles. The molecule has 0 saturated carbocycles. The molecule has 0 spiro atoms. The van der Waals surface area contributed by atoms with Crippen LogP contribution in [0.1, 0.15) is 54.7 Å². The van der Waals surface area contributed by atoms with E-state index in [1.165, 1.54) is 36.8 Å². The van der Waals surface area contributed by atoms with Crippen LogP contribution < -0.4 is 4.74 Å². The van der Waals surface area contributed by atoms with Gasteiger partial charge in [-0.25, -0.2) is 18.0 Å². The topological polar surface area (TPSA) is 121 Å². The highest BCUT2D eigenvalue weighted by molar-refractivity contribution is 7.92. The highest BCUT2D eigenvalue weighted by atomic mass is 32.2. The number of fused-ring (bicyclic) bond motifs is 2. The maximum Gasteiger partial charge on any atom is 0.414 e. The van der Waals surface area contributed by atoms with Crippen molar-refractivity contribution in [1.29, 1.82) is 0 Å². The summed E-state index contributed by atoms with van der Waals surface area (Å²) in [4.78, 5) is 22.3. The Labute approximate surface area is 256 Å². The van der Waals surface area contributed by atoms with Gasteiger partial charge in [-0.05, 0) is 80.6 Å². The van der Waals surface area contributed by atoms with Gasteiger partial charge in [0.05, 0.1) is 16.4 Å². The molecule has 1 aliphatic carbocycles. The van der Waals surface area contributed by atoms with E-state index in [1.807, 2.05) is 31.2 Å².